The number of aromatic hydroxyl groups is 1. The van der Waals surface area contributed by atoms with E-state index >= 15 is 9.59 Å². The summed E-state index contributed by atoms with van der Waals surface area (Å²) in [7, 11) is 9.59. The molecule has 0 spiro atoms. The van der Waals surface area contributed by atoms with Crippen LogP contribution in [0.5, 0.6) is 5.75 Å². The summed E-state index contributed by atoms with van der Waals surface area (Å²) in [6, 6.07) is 44.6. The van der Waals surface area contributed by atoms with E-state index in [0.717, 1.165) is 45.4 Å². The molecule has 0 radical (unpaired) electrons. The number of hydrogen-bond donors (Lipinski definition) is 6. The van der Waals surface area contributed by atoms with Gasteiger partial charge in [-0.2, -0.15) is 18.4 Å². The molecule has 7 amide bonds. The van der Waals surface area contributed by atoms with E-state index in [4.69, 9.17) is 37.7 Å². The van der Waals surface area contributed by atoms with Crippen LogP contribution >= 0.6 is 11.6 Å². The first-order valence-corrected chi connectivity index (χ1v) is 34.4. The van der Waals surface area contributed by atoms with Gasteiger partial charge >= 0.3 is 18.3 Å². The highest BCUT2D eigenvalue weighted by atomic mass is 35.5. The van der Waals surface area contributed by atoms with E-state index in [1.54, 1.807) is 61.1 Å². The van der Waals surface area contributed by atoms with E-state index in [1.165, 1.54) is 27.5 Å². The number of carboxylic acids is 1. The number of carboxylic acid groups (broad SMARTS) is 1. The number of benzene rings is 6. The van der Waals surface area contributed by atoms with Crippen molar-refractivity contribution in [1.82, 2.24) is 29.6 Å². The lowest BCUT2D eigenvalue weighted by Crippen LogP contribution is -2.51. The van der Waals surface area contributed by atoms with Crippen molar-refractivity contribution >= 4 is 70.4 Å². The first-order chi connectivity index (χ1) is 49.3. The lowest BCUT2D eigenvalue weighted by atomic mass is 9.90. The highest BCUT2D eigenvalue weighted by Crippen LogP contribution is 2.45. The second-order valence-corrected chi connectivity index (χ2v) is 27.7. The third kappa shape index (κ3) is 18.1. The van der Waals surface area contributed by atoms with Gasteiger partial charge in [-0.05, 0) is 158 Å². The number of alkyl halides is 3. The molecule has 8 N–H and O–H groups in total. The van der Waals surface area contributed by atoms with E-state index in [2.05, 4.69) is 72.5 Å². The van der Waals surface area contributed by atoms with Gasteiger partial charge in [-0.1, -0.05) is 104 Å². The summed E-state index contributed by atoms with van der Waals surface area (Å²) in [5, 5.41) is 37.8. The van der Waals surface area contributed by atoms with Crippen LogP contribution in [0.1, 0.15) is 117 Å². The summed E-state index contributed by atoms with van der Waals surface area (Å²) in [6.07, 6.45) is -3.20. The minimum Gasteiger partial charge on any atom is -0.542 e. The molecule has 2 aliphatic rings. The fourth-order valence-corrected chi connectivity index (χ4v) is 13.5. The number of urea groups is 1. The van der Waals surface area contributed by atoms with Gasteiger partial charge in [0.2, 0.25) is 11.8 Å². The topological polar surface area (TPSA) is 304 Å². The number of phenolic OH excluding ortho intramolecular Hbond substituents is 1. The molecule has 10 rings (SSSR count). The van der Waals surface area contributed by atoms with Crippen molar-refractivity contribution in [3.05, 3.63) is 212 Å². The van der Waals surface area contributed by atoms with Crippen LogP contribution in [0, 0.1) is 31.1 Å². The second kappa shape index (κ2) is 33.0. The van der Waals surface area contributed by atoms with E-state index in [1.807, 2.05) is 98.8 Å². The third-order valence-corrected chi connectivity index (χ3v) is 19.6. The Kier molecular flexibility index (Phi) is 24.5. The average molecular weight is 1440 g/mol. The maximum atomic E-state index is 15.6. The number of aliphatic carboxylic acids is 1. The van der Waals surface area contributed by atoms with Gasteiger partial charge in [0.25, 0.3) is 11.8 Å². The predicted octanol–water partition coefficient (Wildman–Crippen LogP) is 11.0. The normalized spacial score (nSPS) is 13.8. The lowest BCUT2D eigenvalue weighted by Gasteiger charge is -2.38. The van der Waals surface area contributed by atoms with E-state index in [-0.39, 0.29) is 61.6 Å². The Morgan fingerprint density at radius 2 is 1.43 bits per heavy atom. The van der Waals surface area contributed by atoms with Gasteiger partial charge in [0.05, 0.1) is 37.9 Å². The molecule has 3 heterocycles. The predicted molar refractivity (Wildman–Crippen MR) is 388 cm³/mol. The molecular weight excluding hydrogens is 1360 g/mol. The summed E-state index contributed by atoms with van der Waals surface area (Å²) in [5.74, 6) is -4.87. The Hall–Kier alpha value is -10.9. The minimum atomic E-state index is -5.19. The summed E-state index contributed by atoms with van der Waals surface area (Å²) in [4.78, 5) is 97.8. The number of nitrogens with two attached hydrogens (primary N) is 2. The van der Waals surface area contributed by atoms with Crippen molar-refractivity contribution < 1.29 is 66.2 Å². The monoisotopic (exact) mass is 1440 g/mol. The number of anilines is 3. The fourth-order valence-electron chi connectivity index (χ4n) is 13.3. The number of fused-ring (bicyclic) bond motifs is 4. The second-order valence-electron chi connectivity index (χ2n) is 27.3. The highest BCUT2D eigenvalue weighted by molar-refractivity contribution is 6.31. The molecule has 3 atom stereocenters. The summed E-state index contributed by atoms with van der Waals surface area (Å²) < 4.78 is 41.8. The lowest BCUT2D eigenvalue weighted by molar-refractivity contribution is -0.903. The largest absolute Gasteiger partial charge is 0.542 e. The van der Waals surface area contributed by atoms with Gasteiger partial charge in [-0.25, -0.2) is 9.59 Å². The Bertz CT molecular complexity index is 4540. The van der Waals surface area contributed by atoms with Gasteiger partial charge in [-0.3, -0.25) is 24.1 Å². The van der Waals surface area contributed by atoms with Crippen LogP contribution in [-0.2, 0) is 59.3 Å². The first kappa shape index (κ1) is 77.2. The van der Waals surface area contributed by atoms with Gasteiger partial charge in [0.15, 0.2) is 0 Å². The number of carbonyl (C=O) groups excluding carboxylic acids is 7. The zero-order valence-corrected chi connectivity index (χ0v) is 60.2. The zero-order chi connectivity index (χ0) is 75.6. The standard InChI is InChI=1S/C76H85ClN12O8.C2HF3O2/c1-46(2)70(79)72(92)83-67(25-16-34-81-75(80)95)71(91)82-54-28-26-51(52(36-54)42-84(5)76(96)97-45-66-61-23-14-12-21-59(61)60-22-13-15-24-62(60)66)44-89(8,9)35-17-20-56-37-49-18-10-11-19-50(49)43-87(56)73(93)63-33-27-53(77)38-65(63)69-40-64(47(3)86(69)7)74(94)88(55-29-31-58(90)32-30-55)68-39-57(41-78)85(6)48(68)4;3-2(4,5)1(6)7/h10-15,18-19,21-24,26-33,36,38-40,46,56,66-67,70H,16-17,20,25,34-35,37,42-45,79H2,1-9H3,(H5-,80,81,82,83,90,91,92,95);(H,6,7)/t56-,67+,70+;/m1./s1. The Morgan fingerprint density at radius 1 is 0.798 bits per heavy atom. The van der Waals surface area contributed by atoms with Crippen molar-refractivity contribution in [1.29, 1.82) is 5.26 Å². The van der Waals surface area contributed by atoms with Crippen molar-refractivity contribution in [2.24, 2.45) is 31.5 Å². The molecule has 2 aromatic heterocycles. The number of nitrogens with zero attached hydrogens (tertiary/aromatic N) is 7. The number of nitriles is 1. The molecule has 26 heteroatoms. The number of quaternary nitrogens is 1. The molecule has 22 nitrogen and oxygen atoms in total. The van der Waals surface area contributed by atoms with Crippen LogP contribution in [0.2, 0.25) is 5.02 Å². The fraction of sp³-hybridized carbons (Fsp3) is 0.333. The van der Waals surface area contributed by atoms with Gasteiger partial charge in [0, 0.05) is 103 Å². The number of rotatable bonds is 24. The molecule has 546 valence electrons. The number of halogens is 4. The van der Waals surface area contributed by atoms with Gasteiger partial charge in [-0.15, -0.1) is 0 Å². The molecule has 0 bridgehead atoms. The van der Waals surface area contributed by atoms with Crippen LogP contribution in [0.25, 0.3) is 22.4 Å². The van der Waals surface area contributed by atoms with E-state index in [0.29, 0.717) is 105 Å². The SMILES string of the molecule is Cc1c(N(C(=O)c2cc(-c3cc(Cl)ccc3C(=O)N3Cc4ccccc4C[C@H]3CCC[N+](C)(C)Cc3ccc(NC(=O)[C@H](CCCNC(N)=O)NC(=O)[C@@H](N)C(C)C)cc3CN(C)C(=O)OCC3c4ccccc4-c4ccccc43)n(C)c2C)c2ccc(O)cc2)cc(C#N)n1C.O=C([O-])C(F)(F)F. The Balaban J connectivity index is 0.00000170. The molecule has 104 heavy (non-hydrogen) atoms. The smallest absolute Gasteiger partial charge is 0.430 e. The zero-order valence-electron chi connectivity index (χ0n) is 59.4. The maximum Gasteiger partial charge on any atom is 0.430 e. The van der Waals surface area contributed by atoms with Crippen LogP contribution in [0.15, 0.2) is 146 Å². The Morgan fingerprint density at radius 3 is 2.05 bits per heavy atom. The molecule has 8 aromatic rings. The molecule has 0 fully saturated rings. The van der Waals surface area contributed by atoms with Crippen LogP contribution in [-0.4, -0.2) is 135 Å². The molecule has 0 saturated carbocycles. The van der Waals surface area contributed by atoms with Crippen molar-refractivity contribution in [2.75, 3.05) is 51.1 Å². The van der Waals surface area contributed by atoms with E-state index < -0.39 is 48.2 Å². The first-order valence-electron chi connectivity index (χ1n) is 34.0. The minimum absolute atomic E-state index is 0.0301. The quantitative estimate of drug-likeness (QED) is 0.0243. The third-order valence-electron chi connectivity index (χ3n) is 19.3. The summed E-state index contributed by atoms with van der Waals surface area (Å²) in [5.41, 5.74) is 24.9. The average Bonchev–Trinajstić information content (AvgIpc) is 1.58. The van der Waals surface area contributed by atoms with Crippen molar-refractivity contribution in [2.45, 2.75) is 110 Å². The molecule has 0 saturated heterocycles. The van der Waals surface area contributed by atoms with E-state index in [9.17, 15) is 42.7 Å². The maximum absolute atomic E-state index is 15.6. The van der Waals surface area contributed by atoms with Crippen LogP contribution in [0.4, 0.5) is 39.8 Å². The molecular formula is C78H86ClF3N12O10. The number of nitrogens with one attached hydrogen (secondary N) is 3. The van der Waals surface area contributed by atoms with Gasteiger partial charge in [0.1, 0.15) is 42.7 Å². The van der Waals surface area contributed by atoms with Crippen molar-refractivity contribution in [3.63, 3.8) is 0 Å². The Labute approximate surface area is 607 Å². The number of hydrogen-bond acceptors (Lipinski definition) is 12. The number of aromatic nitrogens is 2. The number of ether oxygens (including phenoxy) is 1. The number of carbonyl (C=O) groups is 7. The van der Waals surface area contributed by atoms with Crippen LogP contribution in [0.3, 0.4) is 0 Å². The highest BCUT2D eigenvalue weighted by Gasteiger charge is 2.36. The van der Waals surface area contributed by atoms with Crippen molar-refractivity contribution in [3.8, 4) is 34.2 Å². The van der Waals surface area contributed by atoms with Gasteiger partial charge < -0.3 is 70.6 Å². The summed E-state index contributed by atoms with van der Waals surface area (Å²) >= 11 is 6.83. The molecule has 1 aliphatic carbocycles. The number of phenols is 1. The molecule has 1 aliphatic heterocycles. The van der Waals surface area contributed by atoms with Crippen LogP contribution < -0.4 is 37.4 Å². The number of primary amides is 1. The molecule has 0 unspecified atom stereocenters. The number of amides is 7. The summed E-state index contributed by atoms with van der Waals surface area (Å²) in [6.45, 7) is 9.34. The molecule has 6 aromatic carbocycles.